The number of benzene rings is 1. The van der Waals surface area contributed by atoms with Crippen LogP contribution in [0.25, 0.3) is 0 Å². The zero-order valence-electron chi connectivity index (χ0n) is 12.0. The Morgan fingerprint density at radius 2 is 2.11 bits per heavy atom. The Hall–Kier alpha value is -1.55. The average molecular weight is 264 g/mol. The molecule has 1 amide bonds. The van der Waals surface area contributed by atoms with Gasteiger partial charge in [-0.1, -0.05) is 12.1 Å². The maximum atomic E-state index is 11.3. The predicted molar refractivity (Wildman–Crippen MR) is 77.2 cm³/mol. The molecule has 0 spiro atoms. The lowest BCUT2D eigenvalue weighted by atomic mass is 10.1. The Labute approximate surface area is 115 Å². The Balaban J connectivity index is 2.46. The molecule has 0 aliphatic rings. The number of carbonyl (C=O) groups excluding carboxylic acids is 1. The number of carbonyl (C=O) groups is 1. The first-order valence-electron chi connectivity index (χ1n) is 6.65. The van der Waals surface area contributed by atoms with E-state index in [0.717, 1.165) is 17.7 Å². The highest BCUT2D eigenvalue weighted by molar-refractivity contribution is 5.75. The van der Waals surface area contributed by atoms with E-state index in [9.17, 15) is 4.79 Å². The monoisotopic (exact) mass is 264 g/mol. The van der Waals surface area contributed by atoms with E-state index >= 15 is 0 Å². The third-order valence-electron chi connectivity index (χ3n) is 2.43. The summed E-state index contributed by atoms with van der Waals surface area (Å²) in [5.41, 5.74) is 6.26. The molecule has 0 fully saturated rings. The van der Waals surface area contributed by atoms with Crippen LogP contribution in [0.4, 0.5) is 0 Å². The van der Waals surface area contributed by atoms with Crippen molar-refractivity contribution in [3.8, 4) is 5.75 Å². The van der Waals surface area contributed by atoms with Gasteiger partial charge in [-0.2, -0.15) is 0 Å². The lowest BCUT2D eigenvalue weighted by Gasteiger charge is -2.21. The molecule has 0 radical (unpaired) electrons. The maximum absolute atomic E-state index is 11.3. The molecule has 1 aromatic rings. The van der Waals surface area contributed by atoms with E-state index in [-0.39, 0.29) is 11.5 Å². The summed E-state index contributed by atoms with van der Waals surface area (Å²) in [6, 6.07) is 7.96. The van der Waals surface area contributed by atoms with Crippen LogP contribution in [0.3, 0.4) is 0 Å². The van der Waals surface area contributed by atoms with Gasteiger partial charge >= 0.3 is 0 Å². The van der Waals surface area contributed by atoms with Crippen LogP contribution in [-0.4, -0.2) is 24.6 Å². The molecule has 0 aromatic heterocycles. The first kappa shape index (κ1) is 15.5. The van der Waals surface area contributed by atoms with Gasteiger partial charge in [0.2, 0.25) is 5.91 Å². The third kappa shape index (κ3) is 6.82. The number of nitrogens with one attached hydrogen (secondary N) is 1. The molecule has 0 atom stereocenters. The molecule has 0 saturated carbocycles. The van der Waals surface area contributed by atoms with Crippen molar-refractivity contribution in [2.24, 2.45) is 5.73 Å². The van der Waals surface area contributed by atoms with Gasteiger partial charge in [0.05, 0.1) is 0 Å². The molecule has 0 heterocycles. The highest BCUT2D eigenvalue weighted by atomic mass is 16.5. The lowest BCUT2D eigenvalue weighted by molar-refractivity contribution is -0.120. The summed E-state index contributed by atoms with van der Waals surface area (Å²) in [5.74, 6) is 0.864. The third-order valence-corrected chi connectivity index (χ3v) is 2.43. The van der Waals surface area contributed by atoms with Crippen molar-refractivity contribution >= 4 is 5.91 Å². The van der Waals surface area contributed by atoms with E-state index in [1.165, 1.54) is 0 Å². The highest BCUT2D eigenvalue weighted by Crippen LogP contribution is 2.19. The van der Waals surface area contributed by atoms with Crippen molar-refractivity contribution in [3.05, 3.63) is 29.8 Å². The molecule has 19 heavy (non-hydrogen) atoms. The minimum absolute atomic E-state index is 0.00426. The summed E-state index contributed by atoms with van der Waals surface area (Å²) in [6.07, 6.45) is 1.17. The van der Waals surface area contributed by atoms with Gasteiger partial charge in [-0.15, -0.1) is 0 Å². The number of hydrogen-bond donors (Lipinski definition) is 2. The van der Waals surface area contributed by atoms with Gasteiger partial charge in [0.25, 0.3) is 0 Å². The van der Waals surface area contributed by atoms with Crippen molar-refractivity contribution in [3.63, 3.8) is 0 Å². The Bertz CT molecular complexity index is 411. The van der Waals surface area contributed by atoms with Crippen molar-refractivity contribution in [1.82, 2.24) is 5.32 Å². The van der Waals surface area contributed by atoms with Gasteiger partial charge < -0.3 is 15.8 Å². The Morgan fingerprint density at radius 1 is 1.37 bits per heavy atom. The van der Waals surface area contributed by atoms with Crippen molar-refractivity contribution in [2.75, 3.05) is 13.1 Å². The number of hydrogen-bond acceptors (Lipinski definition) is 3. The summed E-state index contributed by atoms with van der Waals surface area (Å²) < 4.78 is 5.80. The first-order chi connectivity index (χ1) is 8.90. The minimum Gasteiger partial charge on any atom is -0.488 e. The van der Waals surface area contributed by atoms with Gasteiger partial charge in [-0.25, -0.2) is 0 Å². The molecule has 0 unspecified atom stereocenters. The Kier molecular flexibility index (Phi) is 5.83. The van der Waals surface area contributed by atoms with Gasteiger partial charge in [0.1, 0.15) is 11.4 Å². The van der Waals surface area contributed by atoms with Gasteiger partial charge in [0, 0.05) is 19.5 Å². The van der Waals surface area contributed by atoms with Gasteiger partial charge in [-0.3, -0.25) is 4.79 Å². The largest absolute Gasteiger partial charge is 0.488 e. The van der Waals surface area contributed by atoms with Crippen LogP contribution in [-0.2, 0) is 11.2 Å². The van der Waals surface area contributed by atoms with E-state index in [2.05, 4.69) is 5.32 Å². The second-order valence-electron chi connectivity index (χ2n) is 5.50. The molecule has 0 aliphatic carbocycles. The van der Waals surface area contributed by atoms with Gasteiger partial charge in [-0.05, 0) is 44.9 Å². The fourth-order valence-electron chi connectivity index (χ4n) is 1.68. The molecule has 0 saturated heterocycles. The van der Waals surface area contributed by atoms with Crippen LogP contribution in [0.1, 0.15) is 32.8 Å². The SMILES string of the molecule is CC(C)(C)Oc1cccc(CCNC(=O)CCN)c1. The van der Waals surface area contributed by atoms with Crippen LogP contribution in [0.15, 0.2) is 24.3 Å². The minimum atomic E-state index is -0.200. The molecule has 3 N–H and O–H groups in total. The fourth-order valence-corrected chi connectivity index (χ4v) is 1.68. The Morgan fingerprint density at radius 3 is 2.74 bits per heavy atom. The molecular formula is C15H24N2O2. The molecule has 0 bridgehead atoms. The first-order valence-corrected chi connectivity index (χ1v) is 6.65. The molecule has 4 heteroatoms. The zero-order chi connectivity index (χ0) is 14.3. The maximum Gasteiger partial charge on any atom is 0.221 e. The van der Waals surface area contributed by atoms with Crippen LogP contribution in [0.2, 0.25) is 0 Å². The standard InChI is InChI=1S/C15H24N2O2/c1-15(2,3)19-13-6-4-5-12(11-13)8-10-17-14(18)7-9-16/h4-6,11H,7-10,16H2,1-3H3,(H,17,18). The smallest absolute Gasteiger partial charge is 0.221 e. The van der Waals surface area contributed by atoms with Crippen LogP contribution in [0, 0.1) is 0 Å². The normalized spacial score (nSPS) is 11.2. The lowest BCUT2D eigenvalue weighted by Crippen LogP contribution is -2.27. The van der Waals surface area contributed by atoms with Crippen LogP contribution in [0.5, 0.6) is 5.75 Å². The summed E-state index contributed by atoms with van der Waals surface area (Å²) in [5, 5.41) is 2.84. The average Bonchev–Trinajstić information content (AvgIpc) is 2.27. The second-order valence-corrected chi connectivity index (χ2v) is 5.50. The molecule has 106 valence electrons. The van der Waals surface area contributed by atoms with E-state index in [4.69, 9.17) is 10.5 Å². The van der Waals surface area contributed by atoms with Crippen molar-refractivity contribution < 1.29 is 9.53 Å². The summed E-state index contributed by atoms with van der Waals surface area (Å²) in [6.45, 7) is 7.07. The van der Waals surface area contributed by atoms with Crippen LogP contribution >= 0.6 is 0 Å². The van der Waals surface area contributed by atoms with E-state index < -0.39 is 0 Å². The fraction of sp³-hybridized carbons (Fsp3) is 0.533. The van der Waals surface area contributed by atoms with E-state index in [0.29, 0.717) is 19.5 Å². The predicted octanol–water partition coefficient (Wildman–Crippen LogP) is 1.87. The number of amides is 1. The molecule has 0 aliphatic heterocycles. The summed E-state index contributed by atoms with van der Waals surface area (Å²) in [7, 11) is 0. The number of rotatable bonds is 6. The number of nitrogens with two attached hydrogens (primary N) is 1. The summed E-state index contributed by atoms with van der Waals surface area (Å²) in [4.78, 5) is 11.3. The van der Waals surface area contributed by atoms with E-state index in [1.807, 2.05) is 45.0 Å². The molecule has 1 aromatic carbocycles. The van der Waals surface area contributed by atoms with Crippen molar-refractivity contribution in [2.45, 2.75) is 39.2 Å². The molecule has 1 rings (SSSR count). The molecule has 4 nitrogen and oxygen atoms in total. The summed E-state index contributed by atoms with van der Waals surface area (Å²) >= 11 is 0. The topological polar surface area (TPSA) is 64.3 Å². The second kappa shape index (κ2) is 7.14. The highest BCUT2D eigenvalue weighted by Gasteiger charge is 2.11. The van der Waals surface area contributed by atoms with Crippen molar-refractivity contribution in [1.29, 1.82) is 0 Å². The zero-order valence-corrected chi connectivity index (χ0v) is 12.0. The van der Waals surface area contributed by atoms with Gasteiger partial charge in [0.15, 0.2) is 0 Å². The quantitative estimate of drug-likeness (QED) is 0.824. The molecular weight excluding hydrogens is 240 g/mol. The van der Waals surface area contributed by atoms with E-state index in [1.54, 1.807) is 0 Å². The number of ether oxygens (including phenoxy) is 1. The van der Waals surface area contributed by atoms with Crippen LogP contribution < -0.4 is 15.8 Å².